The van der Waals surface area contributed by atoms with E-state index in [4.69, 9.17) is 0 Å². The van der Waals surface area contributed by atoms with Gasteiger partial charge >= 0.3 is 0 Å². The first kappa shape index (κ1) is 15.2. The molecule has 25 heavy (non-hydrogen) atoms. The zero-order valence-electron chi connectivity index (χ0n) is 14.6. The molecule has 0 atom stereocenters. The topological polar surface area (TPSA) is 65.1 Å². The lowest BCUT2D eigenvalue weighted by Crippen LogP contribution is -2.39. The van der Waals surface area contributed by atoms with E-state index in [9.17, 15) is 4.79 Å². The molecule has 132 valence electrons. The molecule has 3 fully saturated rings. The van der Waals surface area contributed by atoms with Gasteiger partial charge in [0, 0.05) is 43.7 Å². The van der Waals surface area contributed by atoms with Crippen LogP contribution in [0.2, 0.25) is 0 Å². The van der Waals surface area contributed by atoms with Crippen molar-refractivity contribution in [1.82, 2.24) is 19.9 Å². The Morgan fingerprint density at radius 2 is 2.00 bits per heavy atom. The fourth-order valence-corrected chi connectivity index (χ4v) is 4.66. The predicted molar refractivity (Wildman–Crippen MR) is 96.3 cm³/mol. The van der Waals surface area contributed by atoms with Gasteiger partial charge in [-0.3, -0.25) is 4.79 Å². The summed E-state index contributed by atoms with van der Waals surface area (Å²) in [6.07, 6.45) is 10.6. The highest BCUT2D eigenvalue weighted by Crippen LogP contribution is 2.49. The van der Waals surface area contributed by atoms with Crippen molar-refractivity contribution in [2.45, 2.75) is 38.5 Å². The highest BCUT2D eigenvalue weighted by Gasteiger charge is 2.48. The highest BCUT2D eigenvalue weighted by molar-refractivity contribution is 5.87. The standard InChI is InChI=1S/C19H25N5O/c25-18(14-3-1-2-4-14)24-10-9-23(11-19(12-24)6-7-19)17-15-5-8-20-16(15)21-13-22-17/h5,8,13-14H,1-4,6-7,9-12H2,(H,20,21,22). The predicted octanol–water partition coefficient (Wildman–Crippen LogP) is 2.58. The third kappa shape index (κ3) is 2.68. The van der Waals surface area contributed by atoms with E-state index in [1.165, 1.54) is 25.7 Å². The van der Waals surface area contributed by atoms with Crippen molar-refractivity contribution < 1.29 is 4.79 Å². The van der Waals surface area contributed by atoms with Gasteiger partial charge in [0.15, 0.2) is 0 Å². The van der Waals surface area contributed by atoms with Crippen molar-refractivity contribution >= 4 is 22.8 Å². The normalized spacial score (nSPS) is 23.4. The van der Waals surface area contributed by atoms with E-state index in [0.717, 1.165) is 55.9 Å². The van der Waals surface area contributed by atoms with Crippen molar-refractivity contribution in [1.29, 1.82) is 0 Å². The number of carbonyl (C=O) groups is 1. The van der Waals surface area contributed by atoms with E-state index in [1.54, 1.807) is 6.33 Å². The molecule has 1 saturated heterocycles. The van der Waals surface area contributed by atoms with Crippen LogP contribution in [0.1, 0.15) is 38.5 Å². The highest BCUT2D eigenvalue weighted by atomic mass is 16.2. The molecule has 2 aromatic rings. The zero-order valence-corrected chi connectivity index (χ0v) is 14.6. The van der Waals surface area contributed by atoms with Crippen molar-refractivity contribution in [3.8, 4) is 0 Å². The molecule has 1 spiro atoms. The summed E-state index contributed by atoms with van der Waals surface area (Å²) >= 11 is 0. The maximum atomic E-state index is 13.0. The molecule has 5 rings (SSSR count). The van der Waals surface area contributed by atoms with E-state index in [0.29, 0.717) is 5.91 Å². The first-order valence-electron chi connectivity index (χ1n) is 9.56. The Labute approximate surface area is 147 Å². The van der Waals surface area contributed by atoms with Crippen LogP contribution in [-0.4, -0.2) is 51.9 Å². The summed E-state index contributed by atoms with van der Waals surface area (Å²) in [6.45, 7) is 3.60. The summed E-state index contributed by atoms with van der Waals surface area (Å²) in [7, 11) is 0. The fourth-order valence-electron chi connectivity index (χ4n) is 4.66. The molecule has 0 unspecified atom stereocenters. The van der Waals surface area contributed by atoms with Gasteiger partial charge in [0.1, 0.15) is 17.8 Å². The quantitative estimate of drug-likeness (QED) is 0.913. The molecule has 3 heterocycles. The fraction of sp³-hybridized carbons (Fsp3) is 0.632. The number of rotatable bonds is 2. The minimum absolute atomic E-state index is 0.276. The Morgan fingerprint density at radius 1 is 1.16 bits per heavy atom. The Kier molecular flexibility index (Phi) is 3.47. The van der Waals surface area contributed by atoms with Gasteiger partial charge in [-0.25, -0.2) is 9.97 Å². The molecule has 3 aliphatic rings. The Bertz CT molecular complexity index is 790. The zero-order chi connectivity index (χ0) is 16.9. The van der Waals surface area contributed by atoms with Gasteiger partial charge in [0.2, 0.25) is 5.91 Å². The number of anilines is 1. The van der Waals surface area contributed by atoms with Crippen molar-refractivity contribution in [2.24, 2.45) is 11.3 Å². The monoisotopic (exact) mass is 339 g/mol. The van der Waals surface area contributed by atoms with Crippen LogP contribution < -0.4 is 4.90 Å². The second kappa shape index (κ2) is 5.71. The number of amides is 1. The Hall–Kier alpha value is -2.11. The maximum Gasteiger partial charge on any atom is 0.225 e. The number of hydrogen-bond donors (Lipinski definition) is 1. The molecule has 2 saturated carbocycles. The second-order valence-electron chi connectivity index (χ2n) is 8.10. The van der Waals surface area contributed by atoms with Crippen LogP contribution in [0.4, 0.5) is 5.82 Å². The number of fused-ring (bicyclic) bond motifs is 1. The van der Waals surface area contributed by atoms with E-state index < -0.39 is 0 Å². The molecular formula is C19H25N5O. The summed E-state index contributed by atoms with van der Waals surface area (Å²) in [5, 5.41) is 1.08. The third-order valence-corrected chi connectivity index (χ3v) is 6.30. The molecule has 6 nitrogen and oxygen atoms in total. The van der Waals surface area contributed by atoms with Gasteiger partial charge in [0.25, 0.3) is 0 Å². The van der Waals surface area contributed by atoms with Gasteiger partial charge in [-0.2, -0.15) is 0 Å². The number of H-pyrrole nitrogens is 1. The SMILES string of the molecule is O=C(C1CCCC1)N1CCN(c2ncnc3[nH]ccc23)CC2(CC2)C1. The van der Waals surface area contributed by atoms with Gasteiger partial charge in [-0.05, 0) is 31.7 Å². The molecule has 1 N–H and O–H groups in total. The van der Waals surface area contributed by atoms with Gasteiger partial charge < -0.3 is 14.8 Å². The lowest BCUT2D eigenvalue weighted by atomic mass is 10.0. The first-order valence-corrected chi connectivity index (χ1v) is 9.56. The third-order valence-electron chi connectivity index (χ3n) is 6.30. The largest absolute Gasteiger partial charge is 0.354 e. The van der Waals surface area contributed by atoms with Crippen LogP contribution in [-0.2, 0) is 4.79 Å². The van der Waals surface area contributed by atoms with E-state index >= 15 is 0 Å². The molecule has 6 heteroatoms. The minimum atomic E-state index is 0.276. The molecule has 0 radical (unpaired) electrons. The van der Waals surface area contributed by atoms with Crippen LogP contribution >= 0.6 is 0 Å². The summed E-state index contributed by atoms with van der Waals surface area (Å²) in [4.78, 5) is 29.6. The molecule has 1 amide bonds. The van der Waals surface area contributed by atoms with Crippen molar-refractivity contribution in [3.63, 3.8) is 0 Å². The van der Waals surface area contributed by atoms with E-state index in [2.05, 4.69) is 30.8 Å². The molecule has 1 aliphatic heterocycles. The smallest absolute Gasteiger partial charge is 0.225 e. The number of aromatic nitrogens is 3. The number of aromatic amines is 1. The summed E-state index contributed by atoms with van der Waals surface area (Å²) in [5.41, 5.74) is 1.16. The Morgan fingerprint density at radius 3 is 2.80 bits per heavy atom. The van der Waals surface area contributed by atoms with Gasteiger partial charge in [0.05, 0.1) is 5.39 Å². The van der Waals surface area contributed by atoms with Crippen molar-refractivity contribution in [2.75, 3.05) is 31.1 Å². The minimum Gasteiger partial charge on any atom is -0.354 e. The van der Waals surface area contributed by atoms with Crippen LogP contribution in [0.15, 0.2) is 18.6 Å². The number of hydrogen-bond acceptors (Lipinski definition) is 4. The average Bonchev–Trinajstić information content (AvgIpc) is 3.03. The van der Waals surface area contributed by atoms with E-state index in [-0.39, 0.29) is 11.3 Å². The summed E-state index contributed by atoms with van der Waals surface area (Å²) in [5.74, 6) is 1.69. The molecule has 2 aliphatic carbocycles. The molecular weight excluding hydrogens is 314 g/mol. The lowest BCUT2D eigenvalue weighted by molar-refractivity contribution is -0.135. The number of nitrogens with one attached hydrogen (secondary N) is 1. The van der Waals surface area contributed by atoms with Crippen molar-refractivity contribution in [3.05, 3.63) is 18.6 Å². The summed E-state index contributed by atoms with van der Waals surface area (Å²) in [6, 6.07) is 2.05. The van der Waals surface area contributed by atoms with E-state index in [1.807, 2.05) is 6.20 Å². The van der Waals surface area contributed by atoms with Crippen LogP contribution in [0, 0.1) is 11.3 Å². The van der Waals surface area contributed by atoms with Gasteiger partial charge in [-0.1, -0.05) is 12.8 Å². The lowest BCUT2D eigenvalue weighted by Gasteiger charge is -2.26. The first-order chi connectivity index (χ1) is 12.2. The van der Waals surface area contributed by atoms with Crippen LogP contribution in [0.25, 0.3) is 11.0 Å². The maximum absolute atomic E-state index is 13.0. The second-order valence-corrected chi connectivity index (χ2v) is 8.10. The Balaban J connectivity index is 1.41. The van der Waals surface area contributed by atoms with Crippen LogP contribution in [0.3, 0.4) is 0 Å². The summed E-state index contributed by atoms with van der Waals surface area (Å²) < 4.78 is 0. The molecule has 2 aromatic heterocycles. The molecule has 0 aromatic carbocycles. The average molecular weight is 339 g/mol. The number of carbonyl (C=O) groups excluding carboxylic acids is 1. The van der Waals surface area contributed by atoms with Gasteiger partial charge in [-0.15, -0.1) is 0 Å². The number of nitrogens with zero attached hydrogens (tertiary/aromatic N) is 4. The van der Waals surface area contributed by atoms with Crippen LogP contribution in [0.5, 0.6) is 0 Å². The molecule has 0 bridgehead atoms.